The van der Waals surface area contributed by atoms with E-state index in [0.29, 0.717) is 0 Å². The minimum absolute atomic E-state index is 0.0139. The van der Waals surface area contributed by atoms with Crippen molar-refractivity contribution in [3.8, 4) is 11.8 Å². The van der Waals surface area contributed by atoms with Gasteiger partial charge in [0.2, 0.25) is 0 Å². The molecule has 0 bridgehead atoms. The lowest BCUT2D eigenvalue weighted by Crippen LogP contribution is -2.28. The number of rotatable bonds is 0. The molecule has 1 nitrogen and oxygen atoms in total. The van der Waals surface area contributed by atoms with E-state index in [0.717, 1.165) is 12.8 Å². The molecule has 0 heterocycles. The quantitative estimate of drug-likeness (QED) is 0.619. The van der Waals surface area contributed by atoms with Gasteiger partial charge in [0.1, 0.15) is 0 Å². The van der Waals surface area contributed by atoms with Gasteiger partial charge in [0.05, 0.1) is 6.10 Å². The van der Waals surface area contributed by atoms with Gasteiger partial charge in [-0.3, -0.25) is 0 Å². The van der Waals surface area contributed by atoms with Gasteiger partial charge in [-0.1, -0.05) is 31.3 Å². The molecule has 1 rings (SSSR count). The molecule has 0 radical (unpaired) electrons. The molecule has 0 spiro atoms. The fourth-order valence-electron chi connectivity index (χ4n) is 2.32. The van der Waals surface area contributed by atoms with Crippen LogP contribution in [-0.2, 0) is 0 Å². The first-order valence-electron chi connectivity index (χ1n) is 6.03. The molecular weight excluding hydrogens is 196 g/mol. The molecule has 1 atom stereocenters. The Morgan fingerprint density at radius 2 is 1.88 bits per heavy atom. The topological polar surface area (TPSA) is 20.2 Å². The van der Waals surface area contributed by atoms with Crippen molar-refractivity contribution in [2.45, 2.75) is 60.5 Å². The highest BCUT2D eigenvalue weighted by Crippen LogP contribution is 2.39. The molecule has 0 aromatic heterocycles. The standard InChI is InChI=1S/C15H24O/c1-11-9-12(16)10-15(5,6)13(11)7-8-14(2,3)4/h12,16H,9-10H2,1-6H3. The van der Waals surface area contributed by atoms with Crippen LogP contribution in [0.3, 0.4) is 0 Å². The van der Waals surface area contributed by atoms with Crippen LogP contribution in [0.2, 0.25) is 0 Å². The zero-order valence-electron chi connectivity index (χ0n) is 11.4. The van der Waals surface area contributed by atoms with Crippen LogP contribution in [0, 0.1) is 22.7 Å². The lowest BCUT2D eigenvalue weighted by atomic mass is 9.71. The molecule has 1 aliphatic rings. The smallest absolute Gasteiger partial charge is 0.0586 e. The lowest BCUT2D eigenvalue weighted by molar-refractivity contribution is 0.117. The van der Waals surface area contributed by atoms with E-state index in [9.17, 15) is 5.11 Å². The molecule has 0 aromatic rings. The first kappa shape index (κ1) is 13.3. The van der Waals surface area contributed by atoms with Gasteiger partial charge in [0, 0.05) is 16.4 Å². The molecule has 1 heteroatoms. The minimum atomic E-state index is -0.199. The summed E-state index contributed by atoms with van der Waals surface area (Å²) in [6.45, 7) is 12.8. The van der Waals surface area contributed by atoms with Crippen molar-refractivity contribution in [3.05, 3.63) is 11.1 Å². The summed E-state index contributed by atoms with van der Waals surface area (Å²) in [6, 6.07) is 0. The van der Waals surface area contributed by atoms with Crippen molar-refractivity contribution in [1.82, 2.24) is 0 Å². The summed E-state index contributed by atoms with van der Waals surface area (Å²) < 4.78 is 0. The summed E-state index contributed by atoms with van der Waals surface area (Å²) in [5.41, 5.74) is 2.53. The molecule has 0 saturated carbocycles. The van der Waals surface area contributed by atoms with Crippen LogP contribution in [0.15, 0.2) is 11.1 Å². The Morgan fingerprint density at radius 1 is 1.31 bits per heavy atom. The van der Waals surface area contributed by atoms with Gasteiger partial charge < -0.3 is 5.11 Å². The van der Waals surface area contributed by atoms with Crippen LogP contribution in [0.25, 0.3) is 0 Å². The molecule has 0 aliphatic heterocycles. The number of aliphatic hydroxyl groups is 1. The molecule has 0 saturated heterocycles. The third kappa shape index (κ3) is 3.39. The van der Waals surface area contributed by atoms with E-state index in [4.69, 9.17) is 0 Å². The lowest BCUT2D eigenvalue weighted by Gasteiger charge is -2.34. The Bertz CT molecular complexity index is 355. The van der Waals surface area contributed by atoms with Crippen LogP contribution in [0.5, 0.6) is 0 Å². The molecule has 16 heavy (non-hydrogen) atoms. The maximum atomic E-state index is 9.78. The Hall–Kier alpha value is -0.740. The van der Waals surface area contributed by atoms with Crippen LogP contribution < -0.4 is 0 Å². The maximum Gasteiger partial charge on any atom is 0.0586 e. The molecule has 1 N–H and O–H groups in total. The Balaban J connectivity index is 3.08. The zero-order chi connectivity index (χ0) is 12.6. The summed E-state index contributed by atoms with van der Waals surface area (Å²) in [6.07, 6.45) is 1.39. The summed E-state index contributed by atoms with van der Waals surface area (Å²) in [7, 11) is 0. The predicted molar refractivity (Wildman–Crippen MR) is 69.0 cm³/mol. The largest absolute Gasteiger partial charge is 0.393 e. The van der Waals surface area contributed by atoms with Crippen molar-refractivity contribution < 1.29 is 5.11 Å². The number of hydrogen-bond acceptors (Lipinski definition) is 1. The van der Waals surface area contributed by atoms with E-state index >= 15 is 0 Å². The summed E-state index contributed by atoms with van der Waals surface area (Å²) in [5.74, 6) is 6.64. The molecule has 1 unspecified atom stereocenters. The van der Waals surface area contributed by atoms with Gasteiger partial charge in [-0.05, 0) is 40.5 Å². The highest BCUT2D eigenvalue weighted by atomic mass is 16.3. The van der Waals surface area contributed by atoms with Gasteiger partial charge in [-0.2, -0.15) is 0 Å². The maximum absolute atomic E-state index is 9.78. The van der Waals surface area contributed by atoms with E-state index in [1.54, 1.807) is 0 Å². The molecule has 0 fully saturated rings. The van der Waals surface area contributed by atoms with Gasteiger partial charge in [-0.15, -0.1) is 0 Å². The van der Waals surface area contributed by atoms with Crippen molar-refractivity contribution in [1.29, 1.82) is 0 Å². The second kappa shape index (κ2) is 4.26. The molecule has 1 aliphatic carbocycles. The van der Waals surface area contributed by atoms with Gasteiger partial charge >= 0.3 is 0 Å². The predicted octanol–water partition coefficient (Wildman–Crippen LogP) is 3.53. The monoisotopic (exact) mass is 220 g/mol. The highest BCUT2D eigenvalue weighted by Gasteiger charge is 2.32. The van der Waals surface area contributed by atoms with E-state index in [-0.39, 0.29) is 16.9 Å². The normalized spacial score (nSPS) is 25.1. The van der Waals surface area contributed by atoms with Crippen LogP contribution in [0.4, 0.5) is 0 Å². The Morgan fingerprint density at radius 3 is 2.31 bits per heavy atom. The molecule has 0 amide bonds. The van der Waals surface area contributed by atoms with Gasteiger partial charge in [-0.25, -0.2) is 0 Å². The van der Waals surface area contributed by atoms with Crippen LogP contribution in [0.1, 0.15) is 54.4 Å². The van der Waals surface area contributed by atoms with E-state index in [1.165, 1.54) is 11.1 Å². The molecular formula is C15H24O. The Labute approximate surface area is 99.9 Å². The molecule has 90 valence electrons. The number of allylic oxidation sites excluding steroid dienone is 1. The number of hydrogen-bond donors (Lipinski definition) is 1. The van der Waals surface area contributed by atoms with E-state index in [2.05, 4.69) is 53.4 Å². The highest BCUT2D eigenvalue weighted by molar-refractivity contribution is 5.40. The third-order valence-electron chi connectivity index (χ3n) is 2.95. The van der Waals surface area contributed by atoms with Crippen LogP contribution >= 0.6 is 0 Å². The average molecular weight is 220 g/mol. The van der Waals surface area contributed by atoms with Gasteiger partial charge in [0.15, 0.2) is 0 Å². The van der Waals surface area contributed by atoms with Crippen LogP contribution in [-0.4, -0.2) is 11.2 Å². The summed E-state index contributed by atoms with van der Waals surface area (Å²) >= 11 is 0. The fourth-order valence-corrected chi connectivity index (χ4v) is 2.32. The average Bonchev–Trinajstić information content (AvgIpc) is 1.96. The second-order valence-electron chi connectivity index (χ2n) is 6.60. The first-order chi connectivity index (χ1) is 7.12. The number of aliphatic hydroxyl groups excluding tert-OH is 1. The first-order valence-corrected chi connectivity index (χ1v) is 6.03. The molecule has 0 aromatic carbocycles. The SMILES string of the molecule is CC1=C(C#CC(C)(C)C)C(C)(C)CC(O)C1. The second-order valence-corrected chi connectivity index (χ2v) is 6.60. The van der Waals surface area contributed by atoms with Crippen molar-refractivity contribution in [2.75, 3.05) is 0 Å². The van der Waals surface area contributed by atoms with Crippen molar-refractivity contribution >= 4 is 0 Å². The fraction of sp³-hybridized carbons (Fsp3) is 0.733. The van der Waals surface area contributed by atoms with E-state index < -0.39 is 0 Å². The Kier molecular flexibility index (Phi) is 3.55. The summed E-state index contributed by atoms with van der Waals surface area (Å²) in [4.78, 5) is 0. The van der Waals surface area contributed by atoms with Crippen molar-refractivity contribution in [2.24, 2.45) is 10.8 Å². The van der Waals surface area contributed by atoms with Gasteiger partial charge in [0.25, 0.3) is 0 Å². The summed E-state index contributed by atoms with van der Waals surface area (Å²) in [5, 5.41) is 9.78. The van der Waals surface area contributed by atoms with Crippen molar-refractivity contribution in [3.63, 3.8) is 0 Å². The van der Waals surface area contributed by atoms with E-state index in [1.807, 2.05) is 0 Å². The third-order valence-corrected chi connectivity index (χ3v) is 2.95. The zero-order valence-corrected chi connectivity index (χ0v) is 11.4. The minimum Gasteiger partial charge on any atom is -0.393 e.